The van der Waals surface area contributed by atoms with Crippen molar-refractivity contribution in [3.05, 3.63) is 89.5 Å². The highest BCUT2D eigenvalue weighted by Crippen LogP contribution is 2.53. The van der Waals surface area contributed by atoms with Gasteiger partial charge in [0.1, 0.15) is 18.0 Å². The van der Waals surface area contributed by atoms with Crippen LogP contribution in [0.1, 0.15) is 29.0 Å². The summed E-state index contributed by atoms with van der Waals surface area (Å²) < 4.78 is 44.2. The van der Waals surface area contributed by atoms with Gasteiger partial charge in [0.05, 0.1) is 12.0 Å². The van der Waals surface area contributed by atoms with E-state index in [2.05, 4.69) is 0 Å². The summed E-state index contributed by atoms with van der Waals surface area (Å²) in [5, 5.41) is 10.6. The maximum absolute atomic E-state index is 13.6. The lowest BCUT2D eigenvalue weighted by atomic mass is 10.0. The Kier molecular flexibility index (Phi) is 7.46. The summed E-state index contributed by atoms with van der Waals surface area (Å²) in [7, 11) is -1.41. The first kappa shape index (κ1) is 25.8. The molecule has 3 aromatic carbocycles. The van der Waals surface area contributed by atoms with Gasteiger partial charge >= 0.3 is 5.97 Å². The van der Waals surface area contributed by atoms with Gasteiger partial charge in [-0.05, 0) is 54.4 Å². The van der Waals surface area contributed by atoms with Crippen LogP contribution in [0.2, 0.25) is 0 Å². The normalized spacial score (nSPS) is 19.2. The predicted octanol–water partition coefficient (Wildman–Crippen LogP) is 3.97. The lowest BCUT2D eigenvalue weighted by Crippen LogP contribution is -2.36. The summed E-state index contributed by atoms with van der Waals surface area (Å²) >= 11 is 0. The van der Waals surface area contributed by atoms with E-state index in [4.69, 9.17) is 14.2 Å². The summed E-state index contributed by atoms with van der Waals surface area (Å²) in [6, 6.07) is 20.9. The summed E-state index contributed by atoms with van der Waals surface area (Å²) in [4.78, 5) is 12.3. The first-order chi connectivity index (χ1) is 17.2. The van der Waals surface area contributed by atoms with Crippen molar-refractivity contribution < 1.29 is 32.5 Å². The van der Waals surface area contributed by atoms with Crippen LogP contribution < -0.4 is 4.74 Å². The molecule has 0 radical (unpaired) electrons. The van der Waals surface area contributed by atoms with Crippen LogP contribution in [-0.2, 0) is 30.8 Å². The number of hydrogen-bond acceptors (Lipinski definition) is 7. The number of carbonyl (C=O) groups is 1. The monoisotopic (exact) mass is 511 g/mol. The number of methoxy groups -OCH3 is 2. The van der Waals surface area contributed by atoms with Gasteiger partial charge in [-0.25, -0.2) is 8.42 Å². The number of nitrogens with zero attached hydrogens (tertiary/aromatic N) is 1. The smallest absolute Gasteiger partial charge is 0.321 e. The zero-order valence-electron chi connectivity index (χ0n) is 20.4. The number of hydrogen-bond donors (Lipinski definition) is 1. The molecule has 3 aromatic rings. The van der Waals surface area contributed by atoms with E-state index in [0.29, 0.717) is 29.0 Å². The summed E-state index contributed by atoms with van der Waals surface area (Å²) in [5.41, 5.74) is 2.21. The van der Waals surface area contributed by atoms with E-state index in [1.807, 2.05) is 37.3 Å². The third-order valence-electron chi connectivity index (χ3n) is 6.24. The van der Waals surface area contributed by atoms with Crippen LogP contribution in [0.4, 0.5) is 0 Å². The molecule has 36 heavy (non-hydrogen) atoms. The molecule has 0 spiro atoms. The second-order valence-electron chi connectivity index (χ2n) is 8.74. The van der Waals surface area contributed by atoms with Gasteiger partial charge in [0.15, 0.2) is 5.79 Å². The van der Waals surface area contributed by atoms with E-state index < -0.39 is 28.3 Å². The first-order valence-corrected chi connectivity index (χ1v) is 12.9. The molecule has 4 rings (SSSR count). The fourth-order valence-corrected chi connectivity index (χ4v) is 5.41. The maximum Gasteiger partial charge on any atom is 0.321 e. The van der Waals surface area contributed by atoms with Gasteiger partial charge in [-0.3, -0.25) is 4.79 Å². The third-order valence-corrected chi connectivity index (χ3v) is 8.05. The maximum atomic E-state index is 13.6. The Morgan fingerprint density at radius 2 is 1.72 bits per heavy atom. The highest BCUT2D eigenvalue weighted by atomic mass is 32.2. The van der Waals surface area contributed by atoms with Gasteiger partial charge in [0.2, 0.25) is 10.0 Å². The van der Waals surface area contributed by atoms with E-state index >= 15 is 0 Å². The molecule has 1 saturated carbocycles. The molecule has 190 valence electrons. The number of benzene rings is 3. The molecule has 1 fully saturated rings. The van der Waals surface area contributed by atoms with E-state index in [1.165, 1.54) is 26.4 Å². The average Bonchev–Trinajstić information content (AvgIpc) is 3.56. The van der Waals surface area contributed by atoms with Crippen molar-refractivity contribution in [3.63, 3.8) is 0 Å². The highest BCUT2D eigenvalue weighted by molar-refractivity contribution is 7.89. The van der Waals surface area contributed by atoms with Gasteiger partial charge in [-0.2, -0.15) is 4.31 Å². The van der Waals surface area contributed by atoms with Crippen LogP contribution >= 0.6 is 0 Å². The van der Waals surface area contributed by atoms with E-state index in [1.54, 1.807) is 30.3 Å². The van der Waals surface area contributed by atoms with Crippen molar-refractivity contribution in [2.24, 2.45) is 0 Å². The first-order valence-electron chi connectivity index (χ1n) is 11.4. The standard InChI is InChI=1S/C27H29NO7S/c1-19-9-12-23(13-10-19)36(31,32)28(18-26(29)33-2)17-20-15-22(35-21-7-5-4-6-8-21)11-14-24(20)25-16-27(25,30)34-3/h4-15,25,30H,16-18H2,1-3H3. The number of carbonyl (C=O) groups excluding carboxylic acids is 1. The second-order valence-corrected chi connectivity index (χ2v) is 10.7. The van der Waals surface area contributed by atoms with Crippen LogP contribution in [0.15, 0.2) is 77.7 Å². The molecule has 2 atom stereocenters. The zero-order valence-corrected chi connectivity index (χ0v) is 21.2. The molecule has 0 amide bonds. The second kappa shape index (κ2) is 10.4. The highest BCUT2D eigenvalue weighted by Gasteiger charge is 2.55. The van der Waals surface area contributed by atoms with E-state index in [0.717, 1.165) is 9.87 Å². The van der Waals surface area contributed by atoms with E-state index in [9.17, 15) is 18.3 Å². The topological polar surface area (TPSA) is 102 Å². The van der Waals surface area contributed by atoms with Crippen molar-refractivity contribution in [3.8, 4) is 11.5 Å². The van der Waals surface area contributed by atoms with E-state index in [-0.39, 0.29) is 17.4 Å². The summed E-state index contributed by atoms with van der Waals surface area (Å²) in [5.74, 6) is -1.24. The molecule has 8 nitrogen and oxygen atoms in total. The Morgan fingerprint density at radius 3 is 2.33 bits per heavy atom. The zero-order chi connectivity index (χ0) is 25.9. The van der Waals surface area contributed by atoms with Crippen molar-refractivity contribution in [2.45, 2.75) is 36.5 Å². The summed E-state index contributed by atoms with van der Waals surface area (Å²) in [6.45, 7) is 1.25. The minimum atomic E-state index is -4.05. The van der Waals surface area contributed by atoms with Crippen LogP contribution in [0.5, 0.6) is 11.5 Å². The quantitative estimate of drug-likeness (QED) is 0.325. The van der Waals surface area contributed by atoms with Crippen molar-refractivity contribution in [2.75, 3.05) is 20.8 Å². The Hall–Kier alpha value is -3.24. The molecule has 0 aliphatic heterocycles. The number of aryl methyl sites for hydroxylation is 1. The Labute approximate surface area is 211 Å². The number of rotatable bonds is 10. The predicted molar refractivity (Wildman–Crippen MR) is 133 cm³/mol. The van der Waals surface area contributed by atoms with Gasteiger partial charge < -0.3 is 19.3 Å². The van der Waals surface area contributed by atoms with Crippen molar-refractivity contribution in [1.82, 2.24) is 4.31 Å². The van der Waals surface area contributed by atoms with Crippen LogP contribution in [-0.4, -0.2) is 50.4 Å². The molecule has 0 aromatic heterocycles. The Morgan fingerprint density at radius 1 is 1.03 bits per heavy atom. The van der Waals surface area contributed by atoms with Gasteiger partial charge in [-0.1, -0.05) is 42.0 Å². The SMILES string of the molecule is COC(=O)CN(Cc1cc(Oc2ccccc2)ccc1C1CC1(O)OC)S(=O)(=O)c1ccc(C)cc1. The largest absolute Gasteiger partial charge is 0.468 e. The molecule has 1 N–H and O–H groups in total. The van der Waals surface area contributed by atoms with Gasteiger partial charge in [0, 0.05) is 26.0 Å². The van der Waals surface area contributed by atoms with Gasteiger partial charge in [-0.15, -0.1) is 0 Å². The molecule has 0 heterocycles. The molecular formula is C27H29NO7S. The Bertz CT molecular complexity index is 1330. The number of aliphatic hydroxyl groups is 1. The van der Waals surface area contributed by atoms with Crippen molar-refractivity contribution in [1.29, 1.82) is 0 Å². The molecule has 9 heteroatoms. The van der Waals surface area contributed by atoms with Gasteiger partial charge in [0.25, 0.3) is 0 Å². The summed E-state index contributed by atoms with van der Waals surface area (Å²) in [6.07, 6.45) is 0.372. The minimum absolute atomic E-state index is 0.0649. The number of sulfonamides is 1. The van der Waals surface area contributed by atoms with Crippen LogP contribution in [0.3, 0.4) is 0 Å². The molecule has 0 bridgehead atoms. The number of para-hydroxylation sites is 1. The molecule has 2 unspecified atom stereocenters. The van der Waals surface area contributed by atoms with Crippen LogP contribution in [0, 0.1) is 6.92 Å². The minimum Gasteiger partial charge on any atom is -0.468 e. The third kappa shape index (κ3) is 5.60. The molecule has 1 aliphatic rings. The van der Waals surface area contributed by atoms with Crippen LogP contribution in [0.25, 0.3) is 0 Å². The lowest BCUT2D eigenvalue weighted by Gasteiger charge is -2.23. The van der Waals surface area contributed by atoms with Crippen molar-refractivity contribution >= 4 is 16.0 Å². The fourth-order valence-electron chi connectivity index (χ4n) is 4.04. The fraction of sp³-hybridized carbons (Fsp3) is 0.296. The number of ether oxygens (including phenoxy) is 3. The molecular weight excluding hydrogens is 482 g/mol. The lowest BCUT2D eigenvalue weighted by molar-refractivity contribution is -0.140. The number of esters is 1. The average molecular weight is 512 g/mol. The Balaban J connectivity index is 1.73. The molecule has 1 aliphatic carbocycles. The molecule has 0 saturated heterocycles.